The molecule has 10 heteroatoms. The van der Waals surface area contributed by atoms with Gasteiger partial charge in [0, 0.05) is 18.7 Å². The number of thioether (sulfide) groups is 1. The molecule has 0 unspecified atom stereocenters. The molecule has 2 N–H and O–H groups in total. The van der Waals surface area contributed by atoms with Crippen molar-refractivity contribution in [3.63, 3.8) is 0 Å². The molecule has 1 aliphatic heterocycles. The number of aryl methyl sites for hydroxylation is 1. The number of carbonyl (C=O) groups is 3. The largest absolute Gasteiger partial charge is 0.480 e. The molecular weight excluding hydrogens is 388 g/mol. The van der Waals surface area contributed by atoms with Crippen LogP contribution in [0.3, 0.4) is 0 Å². The first-order valence-electron chi connectivity index (χ1n) is 8.25. The Morgan fingerprint density at radius 1 is 1.37 bits per heavy atom. The molecule has 27 heavy (non-hydrogen) atoms. The maximum Gasteiger partial charge on any atom is 0.316 e. The zero-order valence-electron chi connectivity index (χ0n) is 14.7. The highest BCUT2D eigenvalue weighted by molar-refractivity contribution is 8.02. The topological polar surface area (TPSA) is 112 Å². The SMILES string of the molecule is Cc1ccccc1N1C[C@H](C(=O)Nc2nnc(S[C@@H](C)C(=O)O)s2)CC1=O. The minimum absolute atomic E-state index is 0.0896. The molecular formula is C17H18N4O4S2. The van der Waals surface area contributed by atoms with Crippen molar-refractivity contribution in [3.05, 3.63) is 29.8 Å². The van der Waals surface area contributed by atoms with Gasteiger partial charge >= 0.3 is 5.97 Å². The number of anilines is 2. The summed E-state index contributed by atoms with van der Waals surface area (Å²) in [5.74, 6) is -1.80. The number of carbonyl (C=O) groups excluding carboxylic acids is 2. The van der Waals surface area contributed by atoms with Gasteiger partial charge in [0.05, 0.1) is 5.92 Å². The number of hydrogen-bond donors (Lipinski definition) is 2. The Bertz CT molecular complexity index is 885. The van der Waals surface area contributed by atoms with Crippen molar-refractivity contribution in [2.45, 2.75) is 29.9 Å². The molecule has 142 valence electrons. The van der Waals surface area contributed by atoms with E-state index in [2.05, 4.69) is 15.5 Å². The summed E-state index contributed by atoms with van der Waals surface area (Å²) >= 11 is 2.18. The molecule has 2 atom stereocenters. The van der Waals surface area contributed by atoms with Crippen molar-refractivity contribution in [3.8, 4) is 0 Å². The quantitative estimate of drug-likeness (QED) is 0.559. The summed E-state index contributed by atoms with van der Waals surface area (Å²) in [6.07, 6.45) is 0.136. The fourth-order valence-corrected chi connectivity index (χ4v) is 4.53. The van der Waals surface area contributed by atoms with Crippen LogP contribution in [0.1, 0.15) is 18.9 Å². The van der Waals surface area contributed by atoms with Gasteiger partial charge in [-0.1, -0.05) is 41.3 Å². The Morgan fingerprint density at radius 3 is 2.81 bits per heavy atom. The van der Waals surface area contributed by atoms with Crippen molar-refractivity contribution >= 4 is 51.7 Å². The number of nitrogens with one attached hydrogen (secondary N) is 1. The van der Waals surface area contributed by atoms with Crippen LogP contribution in [0.2, 0.25) is 0 Å². The summed E-state index contributed by atoms with van der Waals surface area (Å²) in [5, 5.41) is 19.0. The molecule has 2 amide bonds. The number of aliphatic carboxylic acids is 1. The van der Waals surface area contributed by atoms with Crippen LogP contribution in [0.25, 0.3) is 0 Å². The maximum absolute atomic E-state index is 12.5. The smallest absolute Gasteiger partial charge is 0.316 e. The Balaban J connectivity index is 1.62. The van der Waals surface area contributed by atoms with Gasteiger partial charge in [0.25, 0.3) is 0 Å². The van der Waals surface area contributed by atoms with Crippen LogP contribution in [0.5, 0.6) is 0 Å². The van der Waals surface area contributed by atoms with Crippen LogP contribution in [-0.2, 0) is 14.4 Å². The minimum atomic E-state index is -0.943. The molecule has 1 aromatic heterocycles. The average molecular weight is 406 g/mol. The third kappa shape index (κ3) is 4.45. The third-order valence-corrected chi connectivity index (χ3v) is 6.17. The lowest BCUT2D eigenvalue weighted by Crippen LogP contribution is -2.28. The molecule has 0 saturated carbocycles. The van der Waals surface area contributed by atoms with Crippen molar-refractivity contribution in [2.75, 3.05) is 16.8 Å². The molecule has 0 bridgehead atoms. The molecule has 1 aliphatic rings. The van der Waals surface area contributed by atoms with E-state index in [1.807, 2.05) is 31.2 Å². The third-order valence-electron chi connectivity index (χ3n) is 4.16. The summed E-state index contributed by atoms with van der Waals surface area (Å²) < 4.78 is 0.462. The van der Waals surface area contributed by atoms with Crippen LogP contribution < -0.4 is 10.2 Å². The number of hydrogen-bond acceptors (Lipinski definition) is 7. The lowest BCUT2D eigenvalue weighted by molar-refractivity contribution is -0.136. The highest BCUT2D eigenvalue weighted by atomic mass is 32.2. The highest BCUT2D eigenvalue weighted by Crippen LogP contribution is 2.31. The fourth-order valence-electron chi connectivity index (χ4n) is 2.70. The molecule has 1 aromatic carbocycles. The Kier molecular flexibility index (Phi) is 5.76. The van der Waals surface area contributed by atoms with Gasteiger partial charge in [0.15, 0.2) is 4.34 Å². The summed E-state index contributed by atoms with van der Waals surface area (Å²) in [7, 11) is 0. The molecule has 8 nitrogen and oxygen atoms in total. The zero-order valence-corrected chi connectivity index (χ0v) is 16.3. The average Bonchev–Trinajstić information content (AvgIpc) is 3.22. The Labute approximate surface area is 164 Å². The number of aromatic nitrogens is 2. The van der Waals surface area contributed by atoms with E-state index in [1.54, 1.807) is 11.8 Å². The second-order valence-corrected chi connectivity index (χ2v) is 8.72. The van der Waals surface area contributed by atoms with Crippen molar-refractivity contribution in [1.29, 1.82) is 0 Å². The van der Waals surface area contributed by atoms with E-state index < -0.39 is 17.1 Å². The number of rotatable bonds is 6. The predicted molar refractivity (Wildman–Crippen MR) is 103 cm³/mol. The van der Waals surface area contributed by atoms with E-state index in [0.717, 1.165) is 34.3 Å². The van der Waals surface area contributed by atoms with Crippen LogP contribution in [0.4, 0.5) is 10.8 Å². The molecule has 1 saturated heterocycles. The molecule has 0 aliphatic carbocycles. The van der Waals surface area contributed by atoms with Gasteiger partial charge in [0.1, 0.15) is 5.25 Å². The van der Waals surface area contributed by atoms with E-state index in [4.69, 9.17) is 5.11 Å². The van der Waals surface area contributed by atoms with Crippen molar-refractivity contribution in [1.82, 2.24) is 10.2 Å². The summed E-state index contributed by atoms with van der Waals surface area (Å²) in [6.45, 7) is 3.79. The zero-order chi connectivity index (χ0) is 19.6. The first kappa shape index (κ1) is 19.3. The van der Waals surface area contributed by atoms with Crippen LogP contribution in [-0.4, -0.2) is 44.9 Å². The van der Waals surface area contributed by atoms with Crippen molar-refractivity contribution in [2.24, 2.45) is 5.92 Å². The highest BCUT2D eigenvalue weighted by Gasteiger charge is 2.36. The maximum atomic E-state index is 12.5. The number of benzene rings is 1. The van der Waals surface area contributed by atoms with Crippen LogP contribution in [0.15, 0.2) is 28.6 Å². The van der Waals surface area contributed by atoms with Gasteiger partial charge < -0.3 is 15.3 Å². The number of carboxylic acids is 1. The van der Waals surface area contributed by atoms with E-state index in [0.29, 0.717) is 16.0 Å². The van der Waals surface area contributed by atoms with Gasteiger partial charge in [-0.05, 0) is 25.5 Å². The Hall–Kier alpha value is -2.46. The monoisotopic (exact) mass is 406 g/mol. The molecule has 2 aromatic rings. The first-order valence-corrected chi connectivity index (χ1v) is 9.94. The standard InChI is InChI=1S/C17H18N4O4S2/c1-9-5-3-4-6-12(9)21-8-11(7-13(21)22)14(23)18-16-19-20-17(27-16)26-10(2)15(24)25/h3-6,10-11H,7-8H2,1-2H3,(H,24,25)(H,18,19,23)/t10-,11+/m0/s1. The lowest BCUT2D eigenvalue weighted by Gasteiger charge is -2.18. The molecule has 3 rings (SSSR count). The van der Waals surface area contributed by atoms with Gasteiger partial charge in [0.2, 0.25) is 16.9 Å². The number of amides is 2. The van der Waals surface area contributed by atoms with Crippen LogP contribution in [0, 0.1) is 12.8 Å². The van der Waals surface area contributed by atoms with Crippen LogP contribution >= 0.6 is 23.1 Å². The Morgan fingerprint density at radius 2 is 2.11 bits per heavy atom. The molecule has 0 radical (unpaired) electrons. The van der Waals surface area contributed by atoms with Gasteiger partial charge in [-0.15, -0.1) is 10.2 Å². The van der Waals surface area contributed by atoms with Crippen molar-refractivity contribution < 1.29 is 19.5 Å². The lowest BCUT2D eigenvalue weighted by atomic mass is 10.1. The second-order valence-electron chi connectivity index (χ2n) is 6.15. The molecule has 2 heterocycles. The number of carboxylic acid groups (broad SMARTS) is 1. The molecule has 1 fully saturated rings. The normalized spacial score (nSPS) is 17.8. The minimum Gasteiger partial charge on any atom is -0.480 e. The van der Waals surface area contributed by atoms with E-state index in [1.165, 1.54) is 0 Å². The summed E-state index contributed by atoms with van der Waals surface area (Å²) in [6, 6.07) is 7.56. The van der Waals surface area contributed by atoms with Gasteiger partial charge in [-0.3, -0.25) is 14.4 Å². The number of nitrogens with zero attached hydrogens (tertiary/aromatic N) is 3. The van der Waals surface area contributed by atoms with E-state index in [-0.39, 0.29) is 18.2 Å². The summed E-state index contributed by atoms with van der Waals surface area (Å²) in [5.41, 5.74) is 1.79. The number of para-hydroxylation sites is 1. The summed E-state index contributed by atoms with van der Waals surface area (Å²) in [4.78, 5) is 37.4. The fraction of sp³-hybridized carbons (Fsp3) is 0.353. The second kappa shape index (κ2) is 8.05. The van der Waals surface area contributed by atoms with Gasteiger partial charge in [-0.25, -0.2) is 0 Å². The first-order chi connectivity index (χ1) is 12.8. The molecule has 0 spiro atoms. The predicted octanol–water partition coefficient (Wildman–Crippen LogP) is 2.40. The van der Waals surface area contributed by atoms with E-state index >= 15 is 0 Å². The van der Waals surface area contributed by atoms with E-state index in [9.17, 15) is 14.4 Å². The van der Waals surface area contributed by atoms with Gasteiger partial charge in [-0.2, -0.15) is 0 Å².